The van der Waals surface area contributed by atoms with Gasteiger partial charge in [0.05, 0.1) is 0 Å². The quantitative estimate of drug-likeness (QED) is 0.633. The van der Waals surface area contributed by atoms with Gasteiger partial charge in [-0.05, 0) is 24.8 Å². The third-order valence-electron chi connectivity index (χ3n) is 1.87. The molecular formula is C7H13NO2S. The highest BCUT2D eigenvalue weighted by Gasteiger charge is 2.14. The van der Waals surface area contributed by atoms with E-state index in [1.165, 1.54) is 31.2 Å². The van der Waals surface area contributed by atoms with E-state index in [9.17, 15) is 4.79 Å². The molecule has 0 atom stereocenters. The van der Waals surface area contributed by atoms with Crippen LogP contribution >= 0.6 is 11.9 Å². The number of carboxylic acid groups (broad SMARTS) is 1. The molecule has 1 rings (SSSR count). The van der Waals surface area contributed by atoms with Crippen LogP contribution in [0, 0.1) is 0 Å². The van der Waals surface area contributed by atoms with Gasteiger partial charge >= 0.3 is 6.09 Å². The summed E-state index contributed by atoms with van der Waals surface area (Å²) in [7, 11) is 0. The molecule has 0 radical (unpaired) electrons. The summed E-state index contributed by atoms with van der Waals surface area (Å²) in [4.78, 5) is 10.1. The molecule has 0 aromatic heterocycles. The molecule has 1 aliphatic rings. The number of amides is 1. The van der Waals surface area contributed by atoms with E-state index in [4.69, 9.17) is 5.11 Å². The fourth-order valence-electron chi connectivity index (χ4n) is 1.32. The Morgan fingerprint density at radius 3 is 2.55 bits per heavy atom. The third kappa shape index (κ3) is 3.51. The minimum atomic E-state index is -0.930. The fraction of sp³-hybridized carbons (Fsp3) is 0.857. The van der Waals surface area contributed by atoms with E-state index >= 15 is 0 Å². The lowest BCUT2D eigenvalue weighted by Gasteiger charge is -2.19. The van der Waals surface area contributed by atoms with E-state index in [-0.39, 0.29) is 0 Å². The van der Waals surface area contributed by atoms with Gasteiger partial charge in [0.25, 0.3) is 0 Å². The van der Waals surface area contributed by atoms with Gasteiger partial charge in [-0.1, -0.05) is 19.3 Å². The fourth-order valence-corrected chi connectivity index (χ4v) is 2.15. The lowest BCUT2D eigenvalue weighted by Crippen LogP contribution is -2.19. The summed E-state index contributed by atoms with van der Waals surface area (Å²) in [6, 6.07) is 0. The van der Waals surface area contributed by atoms with Crippen LogP contribution in [0.3, 0.4) is 0 Å². The highest BCUT2D eigenvalue weighted by Crippen LogP contribution is 2.25. The second-order valence-corrected chi connectivity index (χ2v) is 3.89. The number of nitrogens with one attached hydrogen (secondary N) is 1. The van der Waals surface area contributed by atoms with Crippen LogP contribution in [-0.4, -0.2) is 16.4 Å². The van der Waals surface area contributed by atoms with Crippen LogP contribution in [0.25, 0.3) is 0 Å². The van der Waals surface area contributed by atoms with E-state index in [0.29, 0.717) is 5.25 Å². The van der Waals surface area contributed by atoms with E-state index in [0.717, 1.165) is 12.8 Å². The van der Waals surface area contributed by atoms with Crippen molar-refractivity contribution in [3.8, 4) is 0 Å². The van der Waals surface area contributed by atoms with Crippen LogP contribution in [-0.2, 0) is 0 Å². The summed E-state index contributed by atoms with van der Waals surface area (Å²) < 4.78 is 2.35. The zero-order valence-electron chi connectivity index (χ0n) is 6.38. The summed E-state index contributed by atoms with van der Waals surface area (Å²) in [5, 5.41) is 8.83. The number of carbonyl (C=O) groups is 1. The summed E-state index contributed by atoms with van der Waals surface area (Å²) in [6.07, 6.45) is 5.19. The second kappa shape index (κ2) is 4.49. The van der Waals surface area contributed by atoms with Gasteiger partial charge in [0.1, 0.15) is 0 Å². The first kappa shape index (κ1) is 8.71. The Kier molecular flexibility index (Phi) is 3.56. The molecule has 1 amide bonds. The average molecular weight is 175 g/mol. The highest BCUT2D eigenvalue weighted by atomic mass is 32.2. The zero-order chi connectivity index (χ0) is 8.10. The molecule has 0 bridgehead atoms. The Balaban J connectivity index is 2.09. The Hall–Kier alpha value is -0.380. The van der Waals surface area contributed by atoms with Crippen molar-refractivity contribution in [1.29, 1.82) is 0 Å². The molecule has 0 aromatic rings. The minimum Gasteiger partial charge on any atom is -0.464 e. The molecule has 0 heterocycles. The van der Waals surface area contributed by atoms with Crippen LogP contribution in [0.4, 0.5) is 4.79 Å². The van der Waals surface area contributed by atoms with Crippen LogP contribution < -0.4 is 4.72 Å². The van der Waals surface area contributed by atoms with Crippen LogP contribution in [0.5, 0.6) is 0 Å². The van der Waals surface area contributed by atoms with Crippen LogP contribution in [0.1, 0.15) is 32.1 Å². The molecule has 0 aromatic carbocycles. The van der Waals surface area contributed by atoms with Gasteiger partial charge in [0.2, 0.25) is 0 Å². The molecule has 1 saturated carbocycles. The van der Waals surface area contributed by atoms with Crippen molar-refractivity contribution in [2.24, 2.45) is 0 Å². The lowest BCUT2D eigenvalue weighted by atomic mass is 10.0. The molecule has 3 nitrogen and oxygen atoms in total. The molecule has 0 unspecified atom stereocenters. The number of hydrogen-bond acceptors (Lipinski definition) is 2. The van der Waals surface area contributed by atoms with Crippen LogP contribution in [0.15, 0.2) is 0 Å². The maximum absolute atomic E-state index is 10.1. The maximum atomic E-state index is 10.1. The minimum absolute atomic E-state index is 0.514. The van der Waals surface area contributed by atoms with Crippen molar-refractivity contribution in [3.63, 3.8) is 0 Å². The molecule has 4 heteroatoms. The van der Waals surface area contributed by atoms with Crippen LogP contribution in [0.2, 0.25) is 0 Å². The number of hydrogen-bond donors (Lipinski definition) is 2. The van der Waals surface area contributed by atoms with E-state index < -0.39 is 6.09 Å². The first-order valence-electron chi connectivity index (χ1n) is 3.93. The highest BCUT2D eigenvalue weighted by molar-refractivity contribution is 7.98. The van der Waals surface area contributed by atoms with Crippen molar-refractivity contribution in [1.82, 2.24) is 4.72 Å². The molecule has 2 N–H and O–H groups in total. The van der Waals surface area contributed by atoms with Crippen molar-refractivity contribution < 1.29 is 9.90 Å². The Labute approximate surface area is 70.7 Å². The summed E-state index contributed by atoms with van der Waals surface area (Å²) in [5.41, 5.74) is 0. The summed E-state index contributed by atoms with van der Waals surface area (Å²) in [5.74, 6) is 0. The topological polar surface area (TPSA) is 49.3 Å². The van der Waals surface area contributed by atoms with Crippen molar-refractivity contribution >= 4 is 18.0 Å². The maximum Gasteiger partial charge on any atom is 0.414 e. The smallest absolute Gasteiger partial charge is 0.414 e. The lowest BCUT2D eigenvalue weighted by molar-refractivity contribution is 0.201. The monoisotopic (exact) mass is 175 g/mol. The molecule has 0 aliphatic heterocycles. The summed E-state index contributed by atoms with van der Waals surface area (Å²) in [6.45, 7) is 0. The molecule has 0 saturated heterocycles. The summed E-state index contributed by atoms with van der Waals surface area (Å²) >= 11 is 1.36. The van der Waals surface area contributed by atoms with Gasteiger partial charge in [-0.25, -0.2) is 4.79 Å². The standard InChI is InChI=1S/C7H13NO2S/c9-7(10)8-11-6-4-2-1-3-5-6/h6,8H,1-5H2,(H,9,10). The second-order valence-electron chi connectivity index (χ2n) is 2.79. The first-order valence-corrected chi connectivity index (χ1v) is 4.81. The van der Waals surface area contributed by atoms with E-state index in [2.05, 4.69) is 4.72 Å². The average Bonchev–Trinajstić information content (AvgIpc) is 2.03. The largest absolute Gasteiger partial charge is 0.464 e. The Bertz CT molecular complexity index is 134. The van der Waals surface area contributed by atoms with E-state index in [1.807, 2.05) is 0 Å². The van der Waals surface area contributed by atoms with Gasteiger partial charge < -0.3 is 5.11 Å². The van der Waals surface area contributed by atoms with Crippen molar-refractivity contribution in [2.75, 3.05) is 0 Å². The normalized spacial score (nSPS) is 19.6. The van der Waals surface area contributed by atoms with Crippen molar-refractivity contribution in [3.05, 3.63) is 0 Å². The predicted molar refractivity (Wildman–Crippen MR) is 45.6 cm³/mol. The van der Waals surface area contributed by atoms with Gasteiger partial charge in [-0.15, -0.1) is 0 Å². The SMILES string of the molecule is O=C(O)NSC1CCCCC1. The van der Waals surface area contributed by atoms with Gasteiger partial charge in [-0.2, -0.15) is 0 Å². The van der Waals surface area contributed by atoms with Gasteiger partial charge in [0.15, 0.2) is 0 Å². The molecular weight excluding hydrogens is 162 g/mol. The van der Waals surface area contributed by atoms with Gasteiger partial charge in [0, 0.05) is 5.25 Å². The number of rotatable bonds is 2. The molecule has 1 fully saturated rings. The Morgan fingerprint density at radius 2 is 2.00 bits per heavy atom. The first-order chi connectivity index (χ1) is 5.29. The van der Waals surface area contributed by atoms with Gasteiger partial charge in [-0.3, -0.25) is 4.72 Å². The van der Waals surface area contributed by atoms with Crippen molar-refractivity contribution in [2.45, 2.75) is 37.4 Å². The molecule has 1 aliphatic carbocycles. The Morgan fingerprint density at radius 1 is 1.36 bits per heavy atom. The third-order valence-corrected chi connectivity index (χ3v) is 2.96. The van der Waals surface area contributed by atoms with E-state index in [1.54, 1.807) is 0 Å². The molecule has 11 heavy (non-hydrogen) atoms. The predicted octanol–water partition coefficient (Wildman–Crippen LogP) is 2.23. The molecule has 64 valence electrons. The zero-order valence-corrected chi connectivity index (χ0v) is 7.19. The molecule has 0 spiro atoms.